The van der Waals surface area contributed by atoms with Crippen LogP contribution >= 0.6 is 11.6 Å². The Kier molecular flexibility index (Phi) is 3.15. The van der Waals surface area contributed by atoms with E-state index in [4.69, 9.17) is 22.1 Å². The molecule has 0 aliphatic rings. The zero-order valence-electron chi connectivity index (χ0n) is 9.08. The predicted octanol–water partition coefficient (Wildman–Crippen LogP) is 3.13. The van der Waals surface area contributed by atoms with Gasteiger partial charge in [-0.15, -0.1) is 0 Å². The van der Waals surface area contributed by atoms with Crippen LogP contribution in [0.4, 0.5) is 10.2 Å². The Balaban J connectivity index is 2.56. The molecule has 3 nitrogen and oxygen atoms in total. The fraction of sp³-hybridized carbons (Fsp3) is 0.0833. The summed E-state index contributed by atoms with van der Waals surface area (Å²) in [5.74, 6) is -0.0493. The van der Waals surface area contributed by atoms with Crippen molar-refractivity contribution in [1.82, 2.24) is 4.98 Å². The van der Waals surface area contributed by atoms with E-state index in [-0.39, 0.29) is 11.6 Å². The average Bonchev–Trinajstić information content (AvgIpc) is 2.33. The third-order valence-electron chi connectivity index (χ3n) is 2.36. The van der Waals surface area contributed by atoms with E-state index >= 15 is 0 Å². The highest BCUT2D eigenvalue weighted by Gasteiger charge is 2.11. The maximum Gasteiger partial charge on any atom is 0.172 e. The number of aromatic nitrogens is 1. The number of halogens is 2. The van der Waals surface area contributed by atoms with E-state index in [9.17, 15) is 4.39 Å². The van der Waals surface area contributed by atoms with Gasteiger partial charge in [0, 0.05) is 17.3 Å². The molecule has 2 N–H and O–H groups in total. The molecule has 0 radical (unpaired) electrons. The Morgan fingerprint density at radius 1 is 1.41 bits per heavy atom. The lowest BCUT2D eigenvalue weighted by molar-refractivity contribution is 0.387. The molecular weight excluding hydrogens is 243 g/mol. The molecule has 17 heavy (non-hydrogen) atoms. The number of ether oxygens (including phenoxy) is 1. The number of hydrogen-bond donors (Lipinski definition) is 1. The van der Waals surface area contributed by atoms with Crippen LogP contribution in [0.3, 0.4) is 0 Å². The van der Waals surface area contributed by atoms with E-state index in [0.717, 1.165) is 0 Å². The molecule has 0 fully saturated rings. The number of nitrogens with zero attached hydrogens (tertiary/aromatic N) is 1. The maximum absolute atomic E-state index is 14.0. The molecule has 0 saturated heterocycles. The Labute approximate surface area is 103 Å². The van der Waals surface area contributed by atoms with E-state index in [1.165, 1.54) is 13.3 Å². The second kappa shape index (κ2) is 4.59. The lowest BCUT2D eigenvalue weighted by Gasteiger charge is -2.08. The fourth-order valence-electron chi connectivity index (χ4n) is 1.49. The van der Waals surface area contributed by atoms with Gasteiger partial charge in [-0.05, 0) is 12.1 Å². The Morgan fingerprint density at radius 2 is 2.18 bits per heavy atom. The van der Waals surface area contributed by atoms with E-state index in [1.807, 2.05) is 0 Å². The van der Waals surface area contributed by atoms with Crippen molar-refractivity contribution in [2.45, 2.75) is 0 Å². The molecule has 0 aliphatic carbocycles. The summed E-state index contributed by atoms with van der Waals surface area (Å²) in [5.41, 5.74) is 6.43. The smallest absolute Gasteiger partial charge is 0.172 e. The van der Waals surface area contributed by atoms with Crippen molar-refractivity contribution in [3.8, 4) is 16.9 Å². The lowest BCUT2D eigenvalue weighted by Crippen LogP contribution is -1.94. The SMILES string of the molecule is COc1cccc(-c2cnc(N)c(Cl)c2)c1F. The van der Waals surface area contributed by atoms with Crippen LogP contribution in [0.1, 0.15) is 0 Å². The molecule has 5 heteroatoms. The first kappa shape index (κ1) is 11.7. The van der Waals surface area contributed by atoms with Crippen LogP contribution < -0.4 is 10.5 Å². The summed E-state index contributed by atoms with van der Waals surface area (Å²) in [6.07, 6.45) is 1.47. The molecule has 0 bridgehead atoms. The zero-order chi connectivity index (χ0) is 12.4. The Morgan fingerprint density at radius 3 is 2.82 bits per heavy atom. The van der Waals surface area contributed by atoms with Gasteiger partial charge in [-0.2, -0.15) is 0 Å². The summed E-state index contributed by atoms with van der Waals surface area (Å²) in [5, 5.41) is 0.296. The number of benzene rings is 1. The van der Waals surface area contributed by atoms with E-state index in [1.54, 1.807) is 24.3 Å². The largest absolute Gasteiger partial charge is 0.494 e. The van der Waals surface area contributed by atoms with Gasteiger partial charge in [-0.3, -0.25) is 0 Å². The van der Waals surface area contributed by atoms with Crippen LogP contribution in [0, 0.1) is 5.82 Å². The molecule has 0 unspecified atom stereocenters. The molecule has 88 valence electrons. The van der Waals surface area contributed by atoms with Crippen molar-refractivity contribution >= 4 is 17.4 Å². The first-order valence-corrected chi connectivity index (χ1v) is 5.25. The van der Waals surface area contributed by atoms with Crippen molar-refractivity contribution in [1.29, 1.82) is 0 Å². The first-order valence-electron chi connectivity index (χ1n) is 4.87. The van der Waals surface area contributed by atoms with Crippen molar-refractivity contribution in [3.63, 3.8) is 0 Å². The van der Waals surface area contributed by atoms with E-state index < -0.39 is 5.82 Å². The standard InChI is InChI=1S/C12H10ClFN2O/c1-17-10-4-2-3-8(11(10)14)7-5-9(13)12(15)16-6-7/h2-6H,1H3,(H2,15,16). The summed E-state index contributed by atoms with van der Waals surface area (Å²) in [6.45, 7) is 0. The number of hydrogen-bond acceptors (Lipinski definition) is 3. The van der Waals surface area contributed by atoms with Gasteiger partial charge in [-0.1, -0.05) is 23.7 Å². The minimum Gasteiger partial charge on any atom is -0.494 e. The summed E-state index contributed by atoms with van der Waals surface area (Å²) in [4.78, 5) is 3.89. The summed E-state index contributed by atoms with van der Waals surface area (Å²) in [6, 6.07) is 6.44. The first-order chi connectivity index (χ1) is 8.13. The molecule has 0 spiro atoms. The highest BCUT2D eigenvalue weighted by molar-refractivity contribution is 6.33. The number of nitrogens with two attached hydrogens (primary N) is 1. The molecular formula is C12H10ClFN2O. The molecule has 0 amide bonds. The zero-order valence-corrected chi connectivity index (χ0v) is 9.83. The van der Waals surface area contributed by atoms with Gasteiger partial charge in [0.1, 0.15) is 5.82 Å². The van der Waals surface area contributed by atoms with Crippen LogP contribution in [0.15, 0.2) is 30.5 Å². The topological polar surface area (TPSA) is 48.1 Å². The monoisotopic (exact) mass is 252 g/mol. The van der Waals surface area contributed by atoms with Gasteiger partial charge in [0.15, 0.2) is 11.6 Å². The second-order valence-corrected chi connectivity index (χ2v) is 3.82. The fourth-order valence-corrected chi connectivity index (χ4v) is 1.65. The van der Waals surface area contributed by atoms with Gasteiger partial charge in [0.05, 0.1) is 12.1 Å². The van der Waals surface area contributed by atoms with Gasteiger partial charge >= 0.3 is 0 Å². The summed E-state index contributed by atoms with van der Waals surface area (Å²) < 4.78 is 18.9. The number of pyridine rings is 1. The highest BCUT2D eigenvalue weighted by atomic mass is 35.5. The van der Waals surface area contributed by atoms with Crippen LogP contribution in [0.25, 0.3) is 11.1 Å². The lowest BCUT2D eigenvalue weighted by atomic mass is 10.1. The quantitative estimate of drug-likeness (QED) is 0.893. The average molecular weight is 253 g/mol. The van der Waals surface area contributed by atoms with Gasteiger partial charge in [-0.25, -0.2) is 9.37 Å². The van der Waals surface area contributed by atoms with Gasteiger partial charge < -0.3 is 10.5 Å². The van der Waals surface area contributed by atoms with Crippen molar-refractivity contribution in [2.24, 2.45) is 0 Å². The minimum absolute atomic E-state index is 0.176. The summed E-state index contributed by atoms with van der Waals surface area (Å²) >= 11 is 5.85. The van der Waals surface area contributed by atoms with Crippen molar-refractivity contribution in [2.75, 3.05) is 12.8 Å². The summed E-state index contributed by atoms with van der Waals surface area (Å²) in [7, 11) is 1.41. The van der Waals surface area contributed by atoms with Crippen LogP contribution in [-0.4, -0.2) is 12.1 Å². The molecule has 1 aromatic heterocycles. The Hall–Kier alpha value is -1.81. The molecule has 1 aromatic carbocycles. The maximum atomic E-state index is 14.0. The number of methoxy groups -OCH3 is 1. The van der Waals surface area contributed by atoms with Crippen LogP contribution in [-0.2, 0) is 0 Å². The van der Waals surface area contributed by atoms with E-state index in [0.29, 0.717) is 16.1 Å². The normalized spacial score (nSPS) is 10.3. The second-order valence-electron chi connectivity index (χ2n) is 3.41. The number of anilines is 1. The Bertz CT molecular complexity index is 560. The predicted molar refractivity (Wildman–Crippen MR) is 65.6 cm³/mol. The molecule has 0 atom stereocenters. The van der Waals surface area contributed by atoms with Crippen molar-refractivity contribution in [3.05, 3.63) is 41.3 Å². The number of rotatable bonds is 2. The third-order valence-corrected chi connectivity index (χ3v) is 2.67. The number of nitrogen functional groups attached to an aromatic ring is 1. The molecule has 2 rings (SSSR count). The molecule has 1 heterocycles. The van der Waals surface area contributed by atoms with E-state index in [2.05, 4.69) is 4.98 Å². The van der Waals surface area contributed by atoms with Gasteiger partial charge in [0.25, 0.3) is 0 Å². The molecule has 0 aliphatic heterocycles. The van der Waals surface area contributed by atoms with Crippen LogP contribution in [0.5, 0.6) is 5.75 Å². The van der Waals surface area contributed by atoms with Crippen LogP contribution in [0.2, 0.25) is 5.02 Å². The highest BCUT2D eigenvalue weighted by Crippen LogP contribution is 2.30. The third kappa shape index (κ3) is 2.17. The van der Waals surface area contributed by atoms with Crippen molar-refractivity contribution < 1.29 is 9.13 Å². The van der Waals surface area contributed by atoms with Gasteiger partial charge in [0.2, 0.25) is 0 Å². The molecule has 0 saturated carbocycles. The molecule has 2 aromatic rings. The minimum atomic E-state index is -0.447.